The molecule has 0 bridgehead atoms. The standard InChI is InChI=1S/C23H21F3N4O2/c1-30(13-5-8-19-14-20(28-31-19)16-6-3-2-4-7-16)15-21-27-22(29-32-21)17-9-11-18(12-10-17)23(24,25)26/h2-4,6-7,9-12,14H,5,8,13,15H2,1H3. The van der Waals surface area contributed by atoms with Crippen molar-refractivity contribution in [1.82, 2.24) is 20.2 Å². The largest absolute Gasteiger partial charge is 0.416 e. The maximum Gasteiger partial charge on any atom is 0.416 e. The predicted octanol–water partition coefficient (Wildman–Crippen LogP) is 5.48. The summed E-state index contributed by atoms with van der Waals surface area (Å²) in [5.41, 5.74) is 1.58. The first kappa shape index (κ1) is 21.8. The van der Waals surface area contributed by atoms with Crippen LogP contribution in [-0.2, 0) is 19.1 Å². The van der Waals surface area contributed by atoms with Gasteiger partial charge in [0.05, 0.1) is 12.1 Å². The first-order valence-electron chi connectivity index (χ1n) is 10.1. The Morgan fingerprint density at radius 3 is 2.38 bits per heavy atom. The zero-order chi connectivity index (χ0) is 22.6. The SMILES string of the molecule is CN(CCCc1cc(-c2ccccc2)no1)Cc1nc(-c2ccc(C(F)(F)F)cc2)no1. The number of halogens is 3. The normalized spacial score (nSPS) is 11.9. The Bertz CT molecular complexity index is 1140. The Hall–Kier alpha value is -3.46. The molecular formula is C23H21F3N4O2. The van der Waals surface area contributed by atoms with Crippen molar-refractivity contribution in [3.05, 3.63) is 77.9 Å². The second kappa shape index (κ2) is 9.35. The number of rotatable bonds is 8. The Labute approximate surface area is 182 Å². The topological polar surface area (TPSA) is 68.2 Å². The molecule has 6 nitrogen and oxygen atoms in total. The number of aryl methyl sites for hydroxylation is 1. The highest BCUT2D eigenvalue weighted by atomic mass is 19.4. The van der Waals surface area contributed by atoms with Crippen molar-refractivity contribution < 1.29 is 22.2 Å². The van der Waals surface area contributed by atoms with Crippen molar-refractivity contribution >= 4 is 0 Å². The highest BCUT2D eigenvalue weighted by Gasteiger charge is 2.30. The summed E-state index contributed by atoms with van der Waals surface area (Å²) < 4.78 is 48.8. The summed E-state index contributed by atoms with van der Waals surface area (Å²) in [4.78, 5) is 6.31. The van der Waals surface area contributed by atoms with E-state index in [1.807, 2.05) is 48.3 Å². The summed E-state index contributed by atoms with van der Waals surface area (Å²) >= 11 is 0. The fourth-order valence-corrected chi connectivity index (χ4v) is 3.25. The zero-order valence-corrected chi connectivity index (χ0v) is 17.3. The van der Waals surface area contributed by atoms with Crippen molar-refractivity contribution in [1.29, 1.82) is 0 Å². The van der Waals surface area contributed by atoms with Gasteiger partial charge >= 0.3 is 6.18 Å². The highest BCUT2D eigenvalue weighted by molar-refractivity contribution is 5.58. The molecule has 32 heavy (non-hydrogen) atoms. The van der Waals surface area contributed by atoms with Gasteiger partial charge in [0.15, 0.2) is 0 Å². The molecule has 9 heteroatoms. The van der Waals surface area contributed by atoms with Gasteiger partial charge in [0.2, 0.25) is 11.7 Å². The van der Waals surface area contributed by atoms with Crippen LogP contribution < -0.4 is 0 Å². The van der Waals surface area contributed by atoms with E-state index in [9.17, 15) is 13.2 Å². The number of hydrogen-bond acceptors (Lipinski definition) is 6. The fraction of sp³-hybridized carbons (Fsp3) is 0.261. The Balaban J connectivity index is 1.27. The van der Waals surface area contributed by atoms with Crippen LogP contribution in [0.15, 0.2) is 69.7 Å². The minimum Gasteiger partial charge on any atom is -0.361 e. The van der Waals surface area contributed by atoms with Crippen LogP contribution >= 0.6 is 0 Å². The van der Waals surface area contributed by atoms with E-state index in [1.54, 1.807) is 0 Å². The van der Waals surface area contributed by atoms with Crippen molar-refractivity contribution in [3.63, 3.8) is 0 Å². The summed E-state index contributed by atoms with van der Waals surface area (Å²) in [7, 11) is 1.93. The van der Waals surface area contributed by atoms with Gasteiger partial charge in [-0.2, -0.15) is 18.2 Å². The van der Waals surface area contributed by atoms with Crippen molar-refractivity contribution in [2.75, 3.05) is 13.6 Å². The molecule has 2 aromatic carbocycles. The minimum atomic E-state index is -4.38. The van der Waals surface area contributed by atoms with E-state index in [4.69, 9.17) is 9.05 Å². The fourth-order valence-electron chi connectivity index (χ4n) is 3.25. The van der Waals surface area contributed by atoms with Crippen molar-refractivity contribution in [2.45, 2.75) is 25.6 Å². The van der Waals surface area contributed by atoms with Gasteiger partial charge in [0.1, 0.15) is 11.5 Å². The number of nitrogens with zero attached hydrogens (tertiary/aromatic N) is 4. The van der Waals surface area contributed by atoms with Gasteiger partial charge in [0.25, 0.3) is 0 Å². The summed E-state index contributed by atoms with van der Waals surface area (Å²) in [6.07, 6.45) is -2.79. The molecule has 166 valence electrons. The molecule has 4 aromatic rings. The van der Waals surface area contributed by atoms with E-state index in [2.05, 4.69) is 15.3 Å². The van der Waals surface area contributed by atoms with Crippen LogP contribution in [0.25, 0.3) is 22.6 Å². The van der Waals surface area contributed by atoms with Crippen molar-refractivity contribution in [3.8, 4) is 22.6 Å². The third-order valence-corrected chi connectivity index (χ3v) is 4.94. The van der Waals surface area contributed by atoms with E-state index in [0.29, 0.717) is 18.0 Å². The molecule has 0 fully saturated rings. The smallest absolute Gasteiger partial charge is 0.361 e. The Morgan fingerprint density at radius 1 is 0.906 bits per heavy atom. The Morgan fingerprint density at radius 2 is 1.66 bits per heavy atom. The third-order valence-electron chi connectivity index (χ3n) is 4.94. The quantitative estimate of drug-likeness (QED) is 0.360. The minimum absolute atomic E-state index is 0.261. The second-order valence-corrected chi connectivity index (χ2v) is 7.47. The number of hydrogen-bond donors (Lipinski definition) is 0. The van der Waals surface area contributed by atoms with Gasteiger partial charge in [-0.3, -0.25) is 4.90 Å². The Kier molecular flexibility index (Phi) is 6.36. The average molecular weight is 442 g/mol. The first-order valence-corrected chi connectivity index (χ1v) is 10.1. The summed E-state index contributed by atoms with van der Waals surface area (Å²) in [5.74, 6) is 1.48. The van der Waals surface area contributed by atoms with Gasteiger partial charge in [-0.05, 0) is 32.1 Å². The predicted molar refractivity (Wildman–Crippen MR) is 111 cm³/mol. The van der Waals surface area contributed by atoms with Gasteiger partial charge in [0, 0.05) is 23.6 Å². The van der Waals surface area contributed by atoms with Crippen LogP contribution in [0.2, 0.25) is 0 Å². The van der Waals surface area contributed by atoms with Crippen LogP contribution in [-0.4, -0.2) is 33.8 Å². The molecule has 4 rings (SSSR count). The van der Waals surface area contributed by atoms with E-state index in [-0.39, 0.29) is 5.82 Å². The van der Waals surface area contributed by atoms with E-state index in [0.717, 1.165) is 48.5 Å². The van der Waals surface area contributed by atoms with Gasteiger partial charge in [-0.1, -0.05) is 52.8 Å². The lowest BCUT2D eigenvalue weighted by atomic mass is 10.1. The lowest BCUT2D eigenvalue weighted by molar-refractivity contribution is -0.137. The molecular weight excluding hydrogens is 421 g/mol. The van der Waals surface area contributed by atoms with Crippen LogP contribution in [0, 0.1) is 0 Å². The summed E-state index contributed by atoms with van der Waals surface area (Å²) in [5, 5.41) is 7.99. The van der Waals surface area contributed by atoms with Gasteiger partial charge in [-0.25, -0.2) is 0 Å². The zero-order valence-electron chi connectivity index (χ0n) is 17.3. The van der Waals surface area contributed by atoms with E-state index >= 15 is 0 Å². The van der Waals surface area contributed by atoms with Crippen LogP contribution in [0.5, 0.6) is 0 Å². The molecule has 0 aliphatic heterocycles. The van der Waals surface area contributed by atoms with Gasteiger partial charge < -0.3 is 9.05 Å². The summed E-state index contributed by atoms with van der Waals surface area (Å²) in [6.45, 7) is 1.19. The molecule has 0 saturated heterocycles. The number of aromatic nitrogens is 3. The molecule has 2 heterocycles. The maximum atomic E-state index is 12.7. The molecule has 0 saturated carbocycles. The van der Waals surface area contributed by atoms with E-state index < -0.39 is 11.7 Å². The molecule has 0 aliphatic rings. The van der Waals surface area contributed by atoms with Crippen LogP contribution in [0.3, 0.4) is 0 Å². The third kappa shape index (κ3) is 5.42. The molecule has 0 N–H and O–H groups in total. The highest BCUT2D eigenvalue weighted by Crippen LogP contribution is 2.30. The monoisotopic (exact) mass is 442 g/mol. The van der Waals surface area contributed by atoms with E-state index in [1.165, 1.54) is 12.1 Å². The maximum absolute atomic E-state index is 12.7. The molecule has 0 unspecified atom stereocenters. The van der Waals surface area contributed by atoms with Crippen molar-refractivity contribution in [2.24, 2.45) is 0 Å². The van der Waals surface area contributed by atoms with Gasteiger partial charge in [-0.15, -0.1) is 0 Å². The molecule has 0 radical (unpaired) electrons. The number of benzene rings is 2. The average Bonchev–Trinajstić information content (AvgIpc) is 3.44. The molecule has 0 aliphatic carbocycles. The molecule has 2 aromatic heterocycles. The van der Waals surface area contributed by atoms with Crippen LogP contribution in [0.1, 0.15) is 23.6 Å². The number of alkyl halides is 3. The molecule has 0 amide bonds. The summed E-state index contributed by atoms with van der Waals surface area (Å²) in [6, 6.07) is 16.5. The first-order chi connectivity index (χ1) is 15.4. The molecule has 0 atom stereocenters. The van der Waals surface area contributed by atoms with Crippen LogP contribution in [0.4, 0.5) is 13.2 Å². The second-order valence-electron chi connectivity index (χ2n) is 7.47. The lowest BCUT2D eigenvalue weighted by Gasteiger charge is -2.12. The molecule has 0 spiro atoms. The lowest BCUT2D eigenvalue weighted by Crippen LogP contribution is -2.19.